The fourth-order valence-corrected chi connectivity index (χ4v) is 2.54. The zero-order valence-electron chi connectivity index (χ0n) is 11.5. The molecule has 1 aliphatic rings. The predicted molar refractivity (Wildman–Crippen MR) is 78.8 cm³/mol. The Balaban J connectivity index is 1.86. The van der Waals surface area contributed by atoms with Crippen LogP contribution >= 0.6 is 0 Å². The Labute approximate surface area is 114 Å². The first kappa shape index (κ1) is 12.1. The second kappa shape index (κ2) is 4.96. The van der Waals surface area contributed by atoms with Gasteiger partial charge in [-0.05, 0) is 31.5 Å². The summed E-state index contributed by atoms with van der Waals surface area (Å²) in [4.78, 5) is 2.40. The van der Waals surface area contributed by atoms with Crippen LogP contribution in [0.25, 0.3) is 0 Å². The molecule has 1 heterocycles. The van der Waals surface area contributed by atoms with E-state index >= 15 is 0 Å². The summed E-state index contributed by atoms with van der Waals surface area (Å²) in [5, 5.41) is 0. The summed E-state index contributed by atoms with van der Waals surface area (Å²) in [6, 6.07) is 17.0. The second-order valence-corrected chi connectivity index (χ2v) is 5.26. The average molecular weight is 253 g/mol. The molecule has 1 unspecified atom stereocenters. The Bertz CT molecular complexity index is 562. The van der Waals surface area contributed by atoms with Crippen molar-refractivity contribution in [2.24, 2.45) is 0 Å². The third-order valence-electron chi connectivity index (χ3n) is 3.51. The highest BCUT2D eigenvalue weighted by atomic mass is 16.5. The Morgan fingerprint density at radius 3 is 2.63 bits per heavy atom. The Morgan fingerprint density at radius 1 is 1.11 bits per heavy atom. The van der Waals surface area contributed by atoms with Crippen LogP contribution < -0.4 is 9.64 Å². The minimum absolute atomic E-state index is 0.236. The van der Waals surface area contributed by atoms with Crippen LogP contribution in [0, 0.1) is 6.92 Å². The molecule has 0 radical (unpaired) electrons. The number of fused-ring (bicyclic) bond motifs is 1. The maximum absolute atomic E-state index is 5.88. The van der Waals surface area contributed by atoms with Crippen molar-refractivity contribution in [1.82, 2.24) is 0 Å². The lowest BCUT2D eigenvalue weighted by molar-refractivity contribution is 0.212. The van der Waals surface area contributed by atoms with Gasteiger partial charge in [-0.25, -0.2) is 0 Å². The van der Waals surface area contributed by atoms with Crippen LogP contribution in [0.3, 0.4) is 0 Å². The molecular formula is C17H19NO. The molecule has 0 aliphatic carbocycles. The monoisotopic (exact) mass is 253 g/mol. The molecule has 3 rings (SSSR count). The lowest BCUT2D eigenvalue weighted by Gasteiger charge is -2.35. The van der Waals surface area contributed by atoms with Crippen LogP contribution in [0.15, 0.2) is 48.5 Å². The van der Waals surface area contributed by atoms with E-state index in [1.165, 1.54) is 16.8 Å². The summed E-state index contributed by atoms with van der Waals surface area (Å²) in [6.07, 6.45) is 0.236. The molecule has 0 aromatic heterocycles. The van der Waals surface area contributed by atoms with Crippen molar-refractivity contribution >= 4 is 5.69 Å². The highest BCUT2D eigenvalue weighted by molar-refractivity contribution is 5.60. The largest absolute Gasteiger partial charge is 0.487 e. The quantitative estimate of drug-likeness (QED) is 0.807. The number of rotatable bonds is 2. The van der Waals surface area contributed by atoms with Crippen LogP contribution in [-0.4, -0.2) is 12.6 Å². The molecule has 2 heteroatoms. The molecule has 98 valence electrons. The summed E-state index contributed by atoms with van der Waals surface area (Å²) < 4.78 is 5.88. The summed E-state index contributed by atoms with van der Waals surface area (Å²) in [6.45, 7) is 6.11. The average Bonchev–Trinajstić information content (AvgIpc) is 2.41. The Hall–Kier alpha value is -1.96. The van der Waals surface area contributed by atoms with E-state index in [4.69, 9.17) is 4.74 Å². The fourth-order valence-electron chi connectivity index (χ4n) is 2.54. The molecule has 19 heavy (non-hydrogen) atoms. The van der Waals surface area contributed by atoms with E-state index < -0.39 is 0 Å². The number of nitrogens with zero attached hydrogens (tertiary/aromatic N) is 1. The van der Waals surface area contributed by atoms with Crippen molar-refractivity contribution in [3.63, 3.8) is 0 Å². The number of hydrogen-bond donors (Lipinski definition) is 0. The van der Waals surface area contributed by atoms with Crippen molar-refractivity contribution in [1.29, 1.82) is 0 Å². The molecular weight excluding hydrogens is 234 g/mol. The van der Waals surface area contributed by atoms with Crippen LogP contribution in [0.4, 0.5) is 5.69 Å². The molecule has 2 nitrogen and oxygen atoms in total. The van der Waals surface area contributed by atoms with Gasteiger partial charge in [0.15, 0.2) is 0 Å². The standard InChI is InChI=1S/C17H19NO/c1-13-7-9-15(10-8-13)12-18-11-14(2)19-17-6-4-3-5-16(17)18/h3-10,14H,11-12H2,1-2H3. The lowest BCUT2D eigenvalue weighted by atomic mass is 10.1. The van der Waals surface area contributed by atoms with Crippen LogP contribution in [0.1, 0.15) is 18.1 Å². The normalized spacial score (nSPS) is 17.8. The van der Waals surface area contributed by atoms with Gasteiger partial charge in [-0.2, -0.15) is 0 Å². The van der Waals surface area contributed by atoms with Crippen molar-refractivity contribution in [3.8, 4) is 5.75 Å². The maximum Gasteiger partial charge on any atom is 0.143 e. The third kappa shape index (κ3) is 2.58. The number of benzene rings is 2. The van der Waals surface area contributed by atoms with E-state index in [0.717, 1.165) is 18.8 Å². The van der Waals surface area contributed by atoms with Gasteiger partial charge in [0.1, 0.15) is 11.9 Å². The van der Waals surface area contributed by atoms with E-state index in [1.54, 1.807) is 0 Å². The molecule has 0 N–H and O–H groups in total. The molecule has 0 saturated carbocycles. The van der Waals surface area contributed by atoms with Gasteiger partial charge >= 0.3 is 0 Å². The smallest absolute Gasteiger partial charge is 0.143 e. The van der Waals surface area contributed by atoms with Gasteiger partial charge < -0.3 is 9.64 Å². The van der Waals surface area contributed by atoms with Crippen molar-refractivity contribution in [2.45, 2.75) is 26.5 Å². The maximum atomic E-state index is 5.88. The highest BCUT2D eigenvalue weighted by Gasteiger charge is 2.22. The number of ether oxygens (including phenoxy) is 1. The molecule has 0 bridgehead atoms. The molecule has 0 saturated heterocycles. The van der Waals surface area contributed by atoms with Gasteiger partial charge in [-0.15, -0.1) is 0 Å². The van der Waals surface area contributed by atoms with Crippen LogP contribution in [0.2, 0.25) is 0 Å². The van der Waals surface area contributed by atoms with E-state index in [0.29, 0.717) is 0 Å². The van der Waals surface area contributed by atoms with E-state index in [2.05, 4.69) is 55.1 Å². The van der Waals surface area contributed by atoms with Gasteiger partial charge in [0.2, 0.25) is 0 Å². The minimum Gasteiger partial charge on any atom is -0.487 e. The van der Waals surface area contributed by atoms with Crippen molar-refractivity contribution in [2.75, 3.05) is 11.4 Å². The summed E-state index contributed by atoms with van der Waals surface area (Å²) in [5.41, 5.74) is 3.84. The van der Waals surface area contributed by atoms with Gasteiger partial charge in [0.25, 0.3) is 0 Å². The summed E-state index contributed by atoms with van der Waals surface area (Å²) in [5.74, 6) is 0.994. The summed E-state index contributed by atoms with van der Waals surface area (Å²) in [7, 11) is 0. The zero-order valence-corrected chi connectivity index (χ0v) is 11.5. The zero-order chi connectivity index (χ0) is 13.2. The molecule has 0 fully saturated rings. The lowest BCUT2D eigenvalue weighted by Crippen LogP contribution is -2.37. The Kier molecular flexibility index (Phi) is 3.16. The molecule has 1 aliphatic heterocycles. The summed E-state index contributed by atoms with van der Waals surface area (Å²) >= 11 is 0. The number of anilines is 1. The molecule has 0 amide bonds. The molecule has 1 atom stereocenters. The van der Waals surface area contributed by atoms with Gasteiger partial charge in [0.05, 0.1) is 12.2 Å². The van der Waals surface area contributed by atoms with Gasteiger partial charge in [-0.1, -0.05) is 42.0 Å². The highest BCUT2D eigenvalue weighted by Crippen LogP contribution is 2.33. The number of hydrogen-bond acceptors (Lipinski definition) is 2. The first-order chi connectivity index (χ1) is 9.22. The van der Waals surface area contributed by atoms with Crippen LogP contribution in [0.5, 0.6) is 5.75 Å². The SMILES string of the molecule is Cc1ccc(CN2CC(C)Oc3ccccc32)cc1. The Morgan fingerprint density at radius 2 is 1.84 bits per heavy atom. The van der Waals surface area contributed by atoms with E-state index in [9.17, 15) is 0 Å². The van der Waals surface area contributed by atoms with E-state index in [1.807, 2.05) is 12.1 Å². The van der Waals surface area contributed by atoms with Crippen molar-refractivity contribution in [3.05, 3.63) is 59.7 Å². The topological polar surface area (TPSA) is 12.5 Å². The van der Waals surface area contributed by atoms with Gasteiger partial charge in [0, 0.05) is 6.54 Å². The predicted octanol–water partition coefficient (Wildman–Crippen LogP) is 3.78. The number of para-hydroxylation sites is 2. The fraction of sp³-hybridized carbons (Fsp3) is 0.294. The second-order valence-electron chi connectivity index (χ2n) is 5.26. The molecule has 2 aromatic carbocycles. The first-order valence-corrected chi connectivity index (χ1v) is 6.78. The van der Waals surface area contributed by atoms with Crippen molar-refractivity contribution < 1.29 is 4.74 Å². The van der Waals surface area contributed by atoms with Gasteiger partial charge in [-0.3, -0.25) is 0 Å². The minimum atomic E-state index is 0.236. The first-order valence-electron chi connectivity index (χ1n) is 6.78. The van der Waals surface area contributed by atoms with E-state index in [-0.39, 0.29) is 6.10 Å². The number of aryl methyl sites for hydroxylation is 1. The van der Waals surface area contributed by atoms with Crippen LogP contribution in [-0.2, 0) is 6.54 Å². The third-order valence-corrected chi connectivity index (χ3v) is 3.51. The molecule has 2 aromatic rings. The molecule has 0 spiro atoms.